The first-order valence-corrected chi connectivity index (χ1v) is 7.78. The molecular formula is C18H23ClN2O4. The number of methoxy groups -OCH3 is 2. The number of hydrogen-bond donors (Lipinski definition) is 2. The highest BCUT2D eigenvalue weighted by atomic mass is 35.5. The van der Waals surface area contributed by atoms with Crippen LogP contribution in [0.15, 0.2) is 30.3 Å². The van der Waals surface area contributed by atoms with Crippen LogP contribution in [0.3, 0.4) is 0 Å². The first kappa shape index (κ1) is 20.6. The topological polar surface area (TPSA) is 71.0 Å². The third-order valence-corrected chi connectivity index (χ3v) is 3.69. The van der Waals surface area contributed by atoms with Gasteiger partial charge in [-0.1, -0.05) is 17.7 Å². The van der Waals surface area contributed by atoms with Crippen molar-refractivity contribution in [3.8, 4) is 11.5 Å². The lowest BCUT2D eigenvalue weighted by Crippen LogP contribution is -2.12. The maximum Gasteiger partial charge on any atom is 0.162 e. The molecule has 0 aliphatic heterocycles. The highest BCUT2D eigenvalue weighted by Crippen LogP contribution is 2.38. The van der Waals surface area contributed by atoms with Gasteiger partial charge in [0.2, 0.25) is 0 Å². The number of aldehydes is 1. The summed E-state index contributed by atoms with van der Waals surface area (Å²) in [5, 5.41) is 10.9. The van der Waals surface area contributed by atoms with E-state index in [1.54, 1.807) is 19.2 Å². The Hall–Kier alpha value is -2.44. The summed E-state index contributed by atoms with van der Waals surface area (Å²) in [5.41, 5.74) is 2.70. The molecule has 2 N–H and O–H groups in total. The van der Waals surface area contributed by atoms with Gasteiger partial charge < -0.3 is 24.8 Å². The van der Waals surface area contributed by atoms with Crippen molar-refractivity contribution in [1.82, 2.24) is 0 Å². The zero-order valence-corrected chi connectivity index (χ0v) is 15.7. The second kappa shape index (κ2) is 9.76. The molecular weight excluding hydrogens is 344 g/mol. The lowest BCUT2D eigenvalue weighted by Gasteiger charge is -2.21. The predicted octanol–water partition coefficient (Wildman–Crippen LogP) is 3.59. The Labute approximate surface area is 152 Å². The molecule has 2 aromatic rings. The van der Waals surface area contributed by atoms with Gasteiger partial charge in [0, 0.05) is 32.8 Å². The molecule has 6 nitrogen and oxygen atoms in total. The number of benzene rings is 2. The quantitative estimate of drug-likeness (QED) is 0.761. The van der Waals surface area contributed by atoms with Gasteiger partial charge >= 0.3 is 0 Å². The maximum atomic E-state index is 11.4. The first-order valence-electron chi connectivity index (χ1n) is 7.40. The molecule has 0 aliphatic rings. The predicted molar refractivity (Wildman–Crippen MR) is 102 cm³/mol. The van der Waals surface area contributed by atoms with Crippen LogP contribution in [0.2, 0.25) is 5.02 Å². The number of halogens is 1. The fraction of sp³-hybridized carbons (Fsp3) is 0.278. The van der Waals surface area contributed by atoms with Gasteiger partial charge in [-0.15, -0.1) is 0 Å². The second-order valence-corrected chi connectivity index (χ2v) is 5.47. The van der Waals surface area contributed by atoms with Crippen LogP contribution >= 0.6 is 11.6 Å². The zero-order valence-electron chi connectivity index (χ0n) is 15.0. The minimum atomic E-state index is 0.465. The van der Waals surface area contributed by atoms with Gasteiger partial charge in [-0.3, -0.25) is 4.79 Å². The summed E-state index contributed by atoms with van der Waals surface area (Å²) in [7, 11) is 7.89. The van der Waals surface area contributed by atoms with Crippen LogP contribution in [-0.2, 0) is 0 Å². The number of ether oxygens (including phenoxy) is 2. The number of aliphatic hydroxyl groups excluding tert-OH is 1. The van der Waals surface area contributed by atoms with Gasteiger partial charge in [0.15, 0.2) is 17.8 Å². The maximum absolute atomic E-state index is 11.4. The van der Waals surface area contributed by atoms with Crippen molar-refractivity contribution < 1.29 is 19.4 Å². The zero-order chi connectivity index (χ0) is 19.0. The van der Waals surface area contributed by atoms with E-state index in [4.69, 9.17) is 26.2 Å². The molecule has 0 amide bonds. The number of anilines is 3. The number of rotatable bonds is 6. The molecule has 0 fully saturated rings. The van der Waals surface area contributed by atoms with Crippen LogP contribution < -0.4 is 19.7 Å². The van der Waals surface area contributed by atoms with Crippen molar-refractivity contribution >= 4 is 34.9 Å². The van der Waals surface area contributed by atoms with Crippen LogP contribution in [0, 0.1) is 0 Å². The summed E-state index contributed by atoms with van der Waals surface area (Å²) in [4.78, 5) is 13.3. The van der Waals surface area contributed by atoms with Crippen LogP contribution in [0.1, 0.15) is 10.4 Å². The highest BCUT2D eigenvalue weighted by molar-refractivity contribution is 6.34. The van der Waals surface area contributed by atoms with Crippen molar-refractivity contribution in [2.45, 2.75) is 0 Å². The molecule has 0 saturated carbocycles. The molecule has 0 atom stereocenters. The molecule has 0 radical (unpaired) electrons. The van der Waals surface area contributed by atoms with Gasteiger partial charge in [-0.2, -0.15) is 0 Å². The van der Waals surface area contributed by atoms with Crippen molar-refractivity contribution in [2.24, 2.45) is 0 Å². The molecule has 0 saturated heterocycles. The molecule has 0 heterocycles. The monoisotopic (exact) mass is 366 g/mol. The van der Waals surface area contributed by atoms with Crippen LogP contribution in [0.5, 0.6) is 11.5 Å². The molecule has 136 valence electrons. The number of carbonyl (C=O) groups is 1. The van der Waals surface area contributed by atoms with E-state index < -0.39 is 0 Å². The van der Waals surface area contributed by atoms with Gasteiger partial charge in [0.05, 0.1) is 36.3 Å². The molecule has 25 heavy (non-hydrogen) atoms. The molecule has 0 aliphatic carbocycles. The fourth-order valence-electron chi connectivity index (χ4n) is 2.32. The van der Waals surface area contributed by atoms with E-state index in [-0.39, 0.29) is 0 Å². The van der Waals surface area contributed by atoms with Gasteiger partial charge in [0.25, 0.3) is 0 Å². The van der Waals surface area contributed by atoms with E-state index in [9.17, 15) is 4.79 Å². The van der Waals surface area contributed by atoms with Crippen molar-refractivity contribution in [1.29, 1.82) is 0 Å². The van der Waals surface area contributed by atoms with E-state index in [0.29, 0.717) is 27.8 Å². The minimum Gasteiger partial charge on any atom is -0.493 e. The van der Waals surface area contributed by atoms with Gasteiger partial charge in [-0.25, -0.2) is 0 Å². The average Bonchev–Trinajstić information content (AvgIpc) is 2.62. The molecule has 2 aromatic carbocycles. The van der Waals surface area contributed by atoms with E-state index in [2.05, 4.69) is 5.32 Å². The molecule has 2 rings (SSSR count). The molecule has 0 bridgehead atoms. The smallest absolute Gasteiger partial charge is 0.162 e. The Kier molecular flexibility index (Phi) is 8.04. The normalized spacial score (nSPS) is 9.56. The number of carbonyl (C=O) groups excluding carboxylic acids is 1. The summed E-state index contributed by atoms with van der Waals surface area (Å²) >= 11 is 6.27. The molecule has 0 aromatic heterocycles. The van der Waals surface area contributed by atoms with Crippen LogP contribution in [-0.4, -0.2) is 46.8 Å². The average molecular weight is 367 g/mol. The van der Waals surface area contributed by atoms with Crippen LogP contribution in [0.25, 0.3) is 0 Å². The minimum absolute atomic E-state index is 0.465. The van der Waals surface area contributed by atoms with Crippen molar-refractivity contribution in [3.05, 3.63) is 40.9 Å². The second-order valence-electron chi connectivity index (χ2n) is 5.07. The Balaban J connectivity index is 0.00000151. The van der Waals surface area contributed by atoms with Crippen molar-refractivity contribution in [3.63, 3.8) is 0 Å². The fourth-order valence-corrected chi connectivity index (χ4v) is 2.66. The Bertz CT molecular complexity index is 720. The third kappa shape index (κ3) is 4.78. The number of nitrogens with one attached hydrogen (secondary N) is 1. The third-order valence-electron chi connectivity index (χ3n) is 3.39. The van der Waals surface area contributed by atoms with Crippen molar-refractivity contribution in [2.75, 3.05) is 45.6 Å². The van der Waals surface area contributed by atoms with Gasteiger partial charge in [0.1, 0.15) is 0 Å². The number of aliphatic hydroxyl groups is 1. The lowest BCUT2D eigenvalue weighted by molar-refractivity contribution is 0.112. The van der Waals surface area contributed by atoms with Gasteiger partial charge in [-0.05, 0) is 18.2 Å². The van der Waals surface area contributed by atoms with E-state index in [1.807, 2.05) is 37.2 Å². The standard InChI is InChI=1S/C17H19ClN2O3.CH4O/c1-20(2)17-12(18)6-5-7-13(17)19-14-9-16(23-4)15(22-3)8-11(14)10-21;1-2/h5-10,19H,1-4H3;2H,1H3. The van der Waals surface area contributed by atoms with E-state index in [0.717, 1.165) is 24.8 Å². The summed E-state index contributed by atoms with van der Waals surface area (Å²) in [6.45, 7) is 0. The Morgan fingerprint density at radius 3 is 2.20 bits per heavy atom. The number of nitrogens with zero attached hydrogens (tertiary/aromatic N) is 1. The summed E-state index contributed by atoms with van der Waals surface area (Å²) < 4.78 is 10.5. The largest absolute Gasteiger partial charge is 0.493 e. The highest BCUT2D eigenvalue weighted by Gasteiger charge is 2.14. The molecule has 0 spiro atoms. The SMILES string of the molecule is CO.COc1cc(C=O)c(Nc2cccc(Cl)c2N(C)C)cc1OC. The first-order chi connectivity index (χ1) is 12.0. The number of hydrogen-bond acceptors (Lipinski definition) is 6. The van der Waals surface area contributed by atoms with Crippen LogP contribution in [0.4, 0.5) is 17.1 Å². The summed E-state index contributed by atoms with van der Waals surface area (Å²) in [6, 6.07) is 8.92. The molecule has 7 heteroatoms. The number of para-hydroxylation sites is 1. The Morgan fingerprint density at radius 1 is 1.08 bits per heavy atom. The van der Waals surface area contributed by atoms with E-state index in [1.165, 1.54) is 7.11 Å². The Morgan fingerprint density at radius 2 is 1.68 bits per heavy atom. The molecule has 0 unspecified atom stereocenters. The lowest BCUT2D eigenvalue weighted by atomic mass is 10.1. The van der Waals surface area contributed by atoms with E-state index >= 15 is 0 Å². The summed E-state index contributed by atoms with van der Waals surface area (Å²) in [5.74, 6) is 1.04. The summed E-state index contributed by atoms with van der Waals surface area (Å²) in [6.07, 6.45) is 0.768.